The van der Waals surface area contributed by atoms with E-state index in [1.807, 2.05) is 0 Å². The summed E-state index contributed by atoms with van der Waals surface area (Å²) in [6, 6.07) is 2.16. The highest BCUT2D eigenvalue weighted by Gasteiger charge is 2.34. The van der Waals surface area contributed by atoms with E-state index in [9.17, 15) is 8.42 Å². The molecule has 1 N–H and O–H groups in total. The van der Waals surface area contributed by atoms with Gasteiger partial charge in [0.2, 0.25) is 0 Å². The highest BCUT2D eigenvalue weighted by atomic mass is 35.5. The Morgan fingerprint density at radius 3 is 2.52 bits per heavy atom. The van der Waals surface area contributed by atoms with Crippen LogP contribution in [0.15, 0.2) is 17.3 Å². The minimum atomic E-state index is -3.38. The number of rotatable bonds is 3. The Labute approximate surface area is 132 Å². The second-order valence-electron chi connectivity index (χ2n) is 5.74. The molecule has 0 radical (unpaired) electrons. The number of nitrogens with zero attached hydrogens (tertiary/aromatic N) is 3. The number of hydrogen-bond acceptors (Lipinski definition) is 4. The van der Waals surface area contributed by atoms with Gasteiger partial charge in [0.15, 0.2) is 5.03 Å². The van der Waals surface area contributed by atoms with Gasteiger partial charge in [-0.05, 0) is 44.2 Å². The maximum absolute atomic E-state index is 12.5. The van der Waals surface area contributed by atoms with Gasteiger partial charge in [0.1, 0.15) is 0 Å². The van der Waals surface area contributed by atoms with Crippen molar-refractivity contribution in [3.05, 3.63) is 12.3 Å². The molecule has 2 aliphatic heterocycles. The van der Waals surface area contributed by atoms with Gasteiger partial charge < -0.3 is 5.32 Å². The lowest BCUT2D eigenvalue weighted by Gasteiger charge is -2.34. The number of hydrogen-bond donors (Lipinski definition) is 1. The lowest BCUT2D eigenvalue weighted by atomic mass is 9.89. The largest absolute Gasteiger partial charge is 0.314 e. The Kier molecular flexibility index (Phi) is 5.29. The van der Waals surface area contributed by atoms with Gasteiger partial charge in [0.25, 0.3) is 10.0 Å². The average Bonchev–Trinajstić information content (AvgIpc) is 3.10. The second kappa shape index (κ2) is 6.64. The lowest BCUT2D eigenvalue weighted by Crippen LogP contribution is -2.43. The third-order valence-electron chi connectivity index (χ3n) is 4.55. The fourth-order valence-electron chi connectivity index (χ4n) is 3.38. The van der Waals surface area contributed by atoms with Crippen molar-refractivity contribution in [2.24, 2.45) is 13.0 Å². The van der Waals surface area contributed by atoms with Crippen molar-refractivity contribution in [1.29, 1.82) is 0 Å². The standard InChI is InChI=1S/C13H22N4O2S.ClH/c1-16-13(4-8-15-16)20(18,19)17-9-5-11(6-10-17)12-3-2-7-14-12;/h4,8,11-12,14H,2-3,5-7,9-10H2,1H3;1H. The normalized spacial score (nSPS) is 24.9. The van der Waals surface area contributed by atoms with E-state index >= 15 is 0 Å². The molecule has 8 heteroatoms. The third kappa shape index (κ3) is 3.26. The van der Waals surface area contributed by atoms with Gasteiger partial charge in [-0.25, -0.2) is 8.42 Å². The molecule has 21 heavy (non-hydrogen) atoms. The first kappa shape index (κ1) is 16.7. The summed E-state index contributed by atoms with van der Waals surface area (Å²) in [6.45, 7) is 2.35. The van der Waals surface area contributed by atoms with Gasteiger partial charge in [-0.2, -0.15) is 9.40 Å². The molecule has 0 saturated carbocycles. The number of nitrogens with one attached hydrogen (secondary N) is 1. The van der Waals surface area contributed by atoms with Crippen LogP contribution in [-0.2, 0) is 17.1 Å². The topological polar surface area (TPSA) is 67.2 Å². The zero-order chi connectivity index (χ0) is 14.2. The summed E-state index contributed by atoms with van der Waals surface area (Å²) in [4.78, 5) is 0. The van der Waals surface area contributed by atoms with E-state index in [0.29, 0.717) is 25.0 Å². The van der Waals surface area contributed by atoms with Crippen LogP contribution < -0.4 is 5.32 Å². The number of sulfonamides is 1. The van der Waals surface area contributed by atoms with Crippen molar-refractivity contribution in [2.75, 3.05) is 19.6 Å². The third-order valence-corrected chi connectivity index (χ3v) is 6.52. The van der Waals surface area contributed by atoms with E-state index < -0.39 is 10.0 Å². The van der Waals surface area contributed by atoms with Crippen molar-refractivity contribution >= 4 is 22.4 Å². The summed E-state index contributed by atoms with van der Waals surface area (Å²) in [5.41, 5.74) is 0. The van der Waals surface area contributed by atoms with Gasteiger partial charge in [0, 0.05) is 26.2 Å². The van der Waals surface area contributed by atoms with Crippen LogP contribution in [0.3, 0.4) is 0 Å². The number of aryl methyl sites for hydroxylation is 1. The maximum Gasteiger partial charge on any atom is 0.260 e. The fourth-order valence-corrected chi connectivity index (χ4v) is 4.95. The Morgan fingerprint density at radius 1 is 1.29 bits per heavy atom. The molecule has 0 aromatic carbocycles. The lowest BCUT2D eigenvalue weighted by molar-refractivity contribution is 0.233. The molecule has 0 bridgehead atoms. The molecule has 1 atom stereocenters. The van der Waals surface area contributed by atoms with E-state index in [2.05, 4.69) is 10.4 Å². The molecule has 120 valence electrons. The van der Waals surface area contributed by atoms with Crippen molar-refractivity contribution < 1.29 is 8.42 Å². The van der Waals surface area contributed by atoms with E-state index in [-0.39, 0.29) is 17.4 Å². The first-order chi connectivity index (χ1) is 9.59. The molecule has 2 aliphatic rings. The monoisotopic (exact) mass is 334 g/mol. The molecule has 2 saturated heterocycles. The van der Waals surface area contributed by atoms with Gasteiger partial charge >= 0.3 is 0 Å². The highest BCUT2D eigenvalue weighted by molar-refractivity contribution is 7.89. The Bertz CT molecular complexity index is 560. The molecule has 3 rings (SSSR count). The number of piperidine rings is 1. The molecule has 0 spiro atoms. The fraction of sp³-hybridized carbons (Fsp3) is 0.769. The van der Waals surface area contributed by atoms with Crippen LogP contribution in [0.1, 0.15) is 25.7 Å². The van der Waals surface area contributed by atoms with Crippen molar-refractivity contribution in [2.45, 2.75) is 36.8 Å². The van der Waals surface area contributed by atoms with Crippen LogP contribution in [-0.4, -0.2) is 48.2 Å². The molecule has 2 fully saturated rings. The Hall–Kier alpha value is -0.630. The summed E-state index contributed by atoms with van der Waals surface area (Å²) in [5, 5.41) is 7.78. The van der Waals surface area contributed by atoms with Gasteiger partial charge in [-0.3, -0.25) is 4.68 Å². The first-order valence-electron chi connectivity index (χ1n) is 7.30. The zero-order valence-corrected chi connectivity index (χ0v) is 13.9. The first-order valence-corrected chi connectivity index (χ1v) is 8.74. The predicted octanol–water partition coefficient (Wildman–Crippen LogP) is 0.995. The summed E-state index contributed by atoms with van der Waals surface area (Å²) in [7, 11) is -1.71. The van der Waals surface area contributed by atoms with E-state index in [1.165, 1.54) is 23.7 Å². The summed E-state index contributed by atoms with van der Waals surface area (Å²) >= 11 is 0. The summed E-state index contributed by atoms with van der Waals surface area (Å²) < 4.78 is 28.1. The smallest absolute Gasteiger partial charge is 0.260 e. The Balaban J connectivity index is 0.00000161. The van der Waals surface area contributed by atoms with Crippen molar-refractivity contribution in [3.63, 3.8) is 0 Å². The van der Waals surface area contributed by atoms with Crippen LogP contribution >= 0.6 is 12.4 Å². The summed E-state index contributed by atoms with van der Waals surface area (Å²) in [6.07, 6.45) is 5.92. The minimum absolute atomic E-state index is 0. The van der Waals surface area contributed by atoms with Crippen molar-refractivity contribution in [1.82, 2.24) is 19.4 Å². The van der Waals surface area contributed by atoms with Gasteiger partial charge in [-0.1, -0.05) is 0 Å². The van der Waals surface area contributed by atoms with Crippen LogP contribution in [0.5, 0.6) is 0 Å². The molecule has 1 aromatic rings. The molecule has 1 aromatic heterocycles. The van der Waals surface area contributed by atoms with Crippen LogP contribution in [0, 0.1) is 5.92 Å². The van der Waals surface area contributed by atoms with Crippen LogP contribution in [0.4, 0.5) is 0 Å². The highest BCUT2D eigenvalue weighted by Crippen LogP contribution is 2.28. The molecule has 0 aliphatic carbocycles. The molecular weight excluding hydrogens is 312 g/mol. The van der Waals surface area contributed by atoms with E-state index in [4.69, 9.17) is 0 Å². The second-order valence-corrected chi connectivity index (χ2v) is 7.62. The zero-order valence-electron chi connectivity index (χ0n) is 12.2. The predicted molar refractivity (Wildman–Crippen MR) is 83.0 cm³/mol. The molecule has 3 heterocycles. The van der Waals surface area contributed by atoms with Gasteiger partial charge in [-0.15, -0.1) is 12.4 Å². The van der Waals surface area contributed by atoms with Gasteiger partial charge in [0.05, 0.1) is 6.20 Å². The molecular formula is C13H23ClN4O2S. The number of halogens is 1. The molecule has 1 unspecified atom stereocenters. The van der Waals surface area contributed by atoms with E-state index in [0.717, 1.165) is 19.4 Å². The SMILES string of the molecule is Cl.Cn1nccc1S(=O)(=O)N1CCC(C2CCCN2)CC1. The van der Waals surface area contributed by atoms with E-state index in [1.54, 1.807) is 17.4 Å². The maximum atomic E-state index is 12.5. The molecule has 0 amide bonds. The average molecular weight is 335 g/mol. The Morgan fingerprint density at radius 2 is 2.00 bits per heavy atom. The number of aromatic nitrogens is 2. The summed E-state index contributed by atoms with van der Waals surface area (Å²) in [5.74, 6) is 0.621. The van der Waals surface area contributed by atoms with Crippen LogP contribution in [0.25, 0.3) is 0 Å². The quantitative estimate of drug-likeness (QED) is 0.895. The minimum Gasteiger partial charge on any atom is -0.314 e. The van der Waals surface area contributed by atoms with Crippen molar-refractivity contribution in [3.8, 4) is 0 Å². The molecule has 6 nitrogen and oxygen atoms in total. The van der Waals surface area contributed by atoms with Crippen LogP contribution in [0.2, 0.25) is 0 Å².